The van der Waals surface area contributed by atoms with Gasteiger partial charge in [-0.05, 0) is 50.9 Å². The van der Waals surface area contributed by atoms with Crippen molar-refractivity contribution in [2.24, 2.45) is 7.05 Å². The molecule has 4 rings (SSSR count). The Kier molecular flexibility index (Phi) is 5.53. The van der Waals surface area contributed by atoms with E-state index in [1.165, 1.54) is 32.4 Å². The van der Waals surface area contributed by atoms with Crippen LogP contribution in [-0.2, 0) is 13.6 Å². The minimum absolute atomic E-state index is 0.137. The van der Waals surface area contributed by atoms with Gasteiger partial charge in [0.15, 0.2) is 0 Å². The van der Waals surface area contributed by atoms with Crippen molar-refractivity contribution in [2.45, 2.75) is 44.6 Å². The van der Waals surface area contributed by atoms with Crippen molar-refractivity contribution in [1.82, 2.24) is 24.6 Å². The summed E-state index contributed by atoms with van der Waals surface area (Å²) in [5.41, 5.74) is 0.776. The van der Waals surface area contributed by atoms with Crippen molar-refractivity contribution in [2.75, 3.05) is 26.2 Å². The van der Waals surface area contributed by atoms with Crippen molar-refractivity contribution in [3.8, 4) is 0 Å². The van der Waals surface area contributed by atoms with Gasteiger partial charge >= 0.3 is 0 Å². The number of carbonyl (C=O) groups is 1. The number of carbonyl (C=O) groups excluding carboxylic acids is 1. The summed E-state index contributed by atoms with van der Waals surface area (Å²) in [4.78, 5) is 17.1. The fourth-order valence-electron chi connectivity index (χ4n) is 4.29. The predicted molar refractivity (Wildman–Crippen MR) is 104 cm³/mol. The summed E-state index contributed by atoms with van der Waals surface area (Å²) in [6, 6.07) is 9.57. The average Bonchev–Trinajstić information content (AvgIpc) is 3.09. The van der Waals surface area contributed by atoms with E-state index in [1.807, 2.05) is 35.2 Å². The molecule has 27 heavy (non-hydrogen) atoms. The van der Waals surface area contributed by atoms with Crippen LogP contribution < -0.4 is 0 Å². The monoisotopic (exact) mass is 367 g/mol. The zero-order valence-electron chi connectivity index (χ0n) is 16.2. The summed E-state index contributed by atoms with van der Waals surface area (Å²) in [6.45, 7) is 4.80. The number of aromatic nitrogens is 3. The lowest BCUT2D eigenvalue weighted by atomic mass is 9.95. The van der Waals surface area contributed by atoms with Gasteiger partial charge in [0.05, 0.1) is 6.54 Å². The third-order valence-electron chi connectivity index (χ3n) is 5.98. The van der Waals surface area contributed by atoms with Crippen LogP contribution in [0.4, 0.5) is 0 Å². The van der Waals surface area contributed by atoms with Crippen LogP contribution in [0.15, 0.2) is 30.3 Å². The standard InChI is InChI=1S/C21H29N5O/c1-24-19(16-25-12-6-3-7-13-25)22-23-20(24)17-10-14-26(15-11-17)21(27)18-8-4-2-5-9-18/h2,4-5,8-9,17H,3,6-7,10-16H2,1H3. The molecule has 2 aliphatic heterocycles. The number of nitrogens with zero attached hydrogens (tertiary/aromatic N) is 5. The van der Waals surface area contributed by atoms with Crippen molar-refractivity contribution < 1.29 is 4.79 Å². The van der Waals surface area contributed by atoms with Gasteiger partial charge in [0, 0.05) is 31.6 Å². The third-order valence-corrected chi connectivity index (χ3v) is 5.98. The second-order valence-electron chi connectivity index (χ2n) is 7.80. The molecule has 2 aromatic rings. The maximum atomic E-state index is 12.6. The van der Waals surface area contributed by atoms with E-state index in [0.717, 1.165) is 49.7 Å². The highest BCUT2D eigenvalue weighted by Crippen LogP contribution is 2.28. The Labute approximate surface area is 161 Å². The molecule has 0 saturated carbocycles. The van der Waals surface area contributed by atoms with E-state index in [2.05, 4.69) is 26.7 Å². The van der Waals surface area contributed by atoms with Crippen LogP contribution in [0.2, 0.25) is 0 Å². The molecule has 0 spiro atoms. The molecular weight excluding hydrogens is 338 g/mol. The Morgan fingerprint density at radius 1 is 1.00 bits per heavy atom. The molecule has 0 N–H and O–H groups in total. The van der Waals surface area contributed by atoms with Gasteiger partial charge in [-0.3, -0.25) is 9.69 Å². The van der Waals surface area contributed by atoms with Crippen LogP contribution in [0.3, 0.4) is 0 Å². The van der Waals surface area contributed by atoms with Gasteiger partial charge in [0.25, 0.3) is 5.91 Å². The second-order valence-corrected chi connectivity index (χ2v) is 7.80. The molecule has 6 heteroatoms. The normalized spacial score (nSPS) is 19.4. The molecule has 3 heterocycles. The van der Waals surface area contributed by atoms with E-state index in [4.69, 9.17) is 0 Å². The minimum Gasteiger partial charge on any atom is -0.339 e. The van der Waals surface area contributed by atoms with Gasteiger partial charge in [-0.25, -0.2) is 0 Å². The zero-order valence-corrected chi connectivity index (χ0v) is 16.2. The zero-order chi connectivity index (χ0) is 18.6. The number of piperidine rings is 2. The van der Waals surface area contributed by atoms with E-state index >= 15 is 0 Å². The summed E-state index contributed by atoms with van der Waals surface area (Å²) < 4.78 is 2.19. The highest BCUT2D eigenvalue weighted by atomic mass is 16.2. The first-order valence-corrected chi connectivity index (χ1v) is 10.2. The van der Waals surface area contributed by atoms with E-state index in [1.54, 1.807) is 0 Å². The number of amides is 1. The average molecular weight is 367 g/mol. The van der Waals surface area contributed by atoms with Gasteiger partial charge in [-0.2, -0.15) is 0 Å². The van der Waals surface area contributed by atoms with E-state index in [-0.39, 0.29) is 5.91 Å². The van der Waals surface area contributed by atoms with E-state index in [9.17, 15) is 4.79 Å². The molecule has 0 aliphatic carbocycles. The molecule has 1 aromatic heterocycles. The molecule has 2 saturated heterocycles. The summed E-state index contributed by atoms with van der Waals surface area (Å²) in [7, 11) is 2.09. The lowest BCUT2D eigenvalue weighted by Gasteiger charge is -2.31. The maximum absolute atomic E-state index is 12.6. The van der Waals surface area contributed by atoms with E-state index in [0.29, 0.717) is 5.92 Å². The number of hydrogen-bond acceptors (Lipinski definition) is 4. The van der Waals surface area contributed by atoms with Gasteiger partial charge in [-0.15, -0.1) is 10.2 Å². The van der Waals surface area contributed by atoms with Crippen LogP contribution in [0, 0.1) is 0 Å². The molecule has 1 amide bonds. The molecule has 2 fully saturated rings. The van der Waals surface area contributed by atoms with Crippen LogP contribution >= 0.6 is 0 Å². The molecule has 0 atom stereocenters. The molecule has 1 aromatic carbocycles. The minimum atomic E-state index is 0.137. The Balaban J connectivity index is 1.36. The van der Waals surface area contributed by atoms with E-state index < -0.39 is 0 Å². The topological polar surface area (TPSA) is 54.3 Å². The lowest BCUT2D eigenvalue weighted by Crippen LogP contribution is -2.38. The maximum Gasteiger partial charge on any atom is 0.253 e. The molecule has 0 radical (unpaired) electrons. The van der Waals surface area contributed by atoms with Crippen LogP contribution in [-0.4, -0.2) is 56.7 Å². The van der Waals surface area contributed by atoms with Crippen LogP contribution in [0.5, 0.6) is 0 Å². The SMILES string of the molecule is Cn1c(CN2CCCCC2)nnc1C1CCN(C(=O)c2ccccc2)CC1. The first-order valence-electron chi connectivity index (χ1n) is 10.2. The smallest absolute Gasteiger partial charge is 0.253 e. The Morgan fingerprint density at radius 3 is 2.41 bits per heavy atom. The van der Waals surface area contributed by atoms with Crippen molar-refractivity contribution in [3.05, 3.63) is 47.5 Å². The number of benzene rings is 1. The molecule has 144 valence electrons. The highest BCUT2D eigenvalue weighted by molar-refractivity contribution is 5.94. The van der Waals surface area contributed by atoms with Gasteiger partial charge in [0.1, 0.15) is 11.6 Å². The van der Waals surface area contributed by atoms with Crippen LogP contribution in [0.1, 0.15) is 60.0 Å². The quantitative estimate of drug-likeness (QED) is 0.834. The van der Waals surface area contributed by atoms with Crippen molar-refractivity contribution in [1.29, 1.82) is 0 Å². The number of likely N-dealkylation sites (tertiary alicyclic amines) is 2. The fraction of sp³-hybridized carbons (Fsp3) is 0.571. The molecule has 0 unspecified atom stereocenters. The Hall–Kier alpha value is -2.21. The first kappa shape index (κ1) is 18.2. The molecule has 6 nitrogen and oxygen atoms in total. The number of hydrogen-bond donors (Lipinski definition) is 0. The van der Waals surface area contributed by atoms with Crippen LogP contribution in [0.25, 0.3) is 0 Å². The largest absolute Gasteiger partial charge is 0.339 e. The first-order chi connectivity index (χ1) is 13.2. The Bertz CT molecular complexity index is 758. The summed E-state index contributed by atoms with van der Waals surface area (Å²) in [5, 5.41) is 8.99. The lowest BCUT2D eigenvalue weighted by molar-refractivity contribution is 0.0710. The highest BCUT2D eigenvalue weighted by Gasteiger charge is 2.28. The summed E-state index contributed by atoms with van der Waals surface area (Å²) in [6.07, 6.45) is 5.83. The summed E-state index contributed by atoms with van der Waals surface area (Å²) >= 11 is 0. The number of rotatable bonds is 4. The second kappa shape index (κ2) is 8.21. The molecule has 0 bridgehead atoms. The predicted octanol–water partition coefficient (Wildman–Crippen LogP) is 2.82. The fourth-order valence-corrected chi connectivity index (χ4v) is 4.29. The van der Waals surface area contributed by atoms with Gasteiger partial charge < -0.3 is 9.47 Å². The van der Waals surface area contributed by atoms with Crippen molar-refractivity contribution in [3.63, 3.8) is 0 Å². The Morgan fingerprint density at radius 2 is 1.70 bits per heavy atom. The third kappa shape index (κ3) is 4.05. The van der Waals surface area contributed by atoms with Gasteiger partial charge in [-0.1, -0.05) is 24.6 Å². The van der Waals surface area contributed by atoms with Gasteiger partial charge in [0.2, 0.25) is 0 Å². The molecular formula is C21H29N5O. The summed E-state index contributed by atoms with van der Waals surface area (Å²) in [5.74, 6) is 2.67. The van der Waals surface area contributed by atoms with Crippen molar-refractivity contribution >= 4 is 5.91 Å². The molecule has 2 aliphatic rings.